The second-order valence-electron chi connectivity index (χ2n) is 2.33. The van der Waals surface area contributed by atoms with Crippen LogP contribution in [0.4, 0.5) is 4.39 Å². The fraction of sp³-hybridized carbons (Fsp3) is 0.750. The van der Waals surface area contributed by atoms with Crippen LogP contribution in [-0.4, -0.2) is 6.67 Å². The molecule has 0 aliphatic heterocycles. The predicted octanol–water partition coefficient (Wildman–Crippen LogP) is 3.19. The van der Waals surface area contributed by atoms with Gasteiger partial charge in [0.05, 0.1) is 6.67 Å². The maximum absolute atomic E-state index is 11.7. The monoisotopic (exact) mass is 132 g/mol. The van der Waals surface area contributed by atoms with Crippen LogP contribution in [0.2, 0.25) is 0 Å². The van der Waals surface area contributed by atoms with Gasteiger partial charge in [0.2, 0.25) is 0 Å². The van der Waals surface area contributed by atoms with Crippen LogP contribution in [0, 0.1) is 5.41 Å². The molecular weight excluding hydrogens is 115 g/mol. The summed E-state index contributed by atoms with van der Waals surface area (Å²) < 4.78 is 11.7. The average molecular weight is 132 g/mol. The third-order valence-electron chi connectivity index (χ3n) is 0.897. The van der Waals surface area contributed by atoms with E-state index in [1.807, 2.05) is 13.8 Å². The van der Waals surface area contributed by atoms with Crippen LogP contribution in [0.3, 0.4) is 0 Å². The minimum Gasteiger partial charge on any atom is -0.250 e. The minimum absolute atomic E-state index is 0.319. The molecule has 0 aromatic heterocycles. The van der Waals surface area contributed by atoms with E-state index in [0.717, 1.165) is 0 Å². The van der Waals surface area contributed by atoms with Crippen LogP contribution in [0.15, 0.2) is 12.7 Å². The molecule has 0 aromatic rings. The van der Waals surface area contributed by atoms with E-state index in [9.17, 15) is 4.39 Å². The first-order chi connectivity index (χ1) is 4.12. The number of hydrogen-bond donors (Lipinski definition) is 0. The van der Waals surface area contributed by atoms with Crippen LogP contribution in [0.1, 0.15) is 27.7 Å². The molecule has 0 aromatic carbocycles. The zero-order chi connectivity index (χ0) is 7.91. The van der Waals surface area contributed by atoms with Crippen LogP contribution >= 0.6 is 0 Å². The zero-order valence-corrected chi connectivity index (χ0v) is 6.87. The van der Waals surface area contributed by atoms with Gasteiger partial charge in [-0.3, -0.25) is 4.39 Å². The summed E-state index contributed by atoms with van der Waals surface area (Å²) in [5, 5.41) is 0. The third kappa shape index (κ3) is 7.67. The molecule has 0 saturated heterocycles. The highest BCUT2D eigenvalue weighted by atomic mass is 19.1. The van der Waals surface area contributed by atoms with Crippen LogP contribution in [0.25, 0.3) is 0 Å². The van der Waals surface area contributed by atoms with Gasteiger partial charge in [0.1, 0.15) is 0 Å². The Hall–Kier alpha value is -0.330. The molecule has 0 fully saturated rings. The maximum Gasteiger partial charge on any atom is 0.0979 e. The maximum atomic E-state index is 11.7. The molecule has 0 saturated carbocycles. The highest BCUT2D eigenvalue weighted by Gasteiger charge is 2.10. The molecule has 9 heavy (non-hydrogen) atoms. The quantitative estimate of drug-likeness (QED) is 0.506. The molecule has 0 spiro atoms. The van der Waals surface area contributed by atoms with E-state index in [1.165, 1.54) is 0 Å². The second kappa shape index (κ2) is 5.80. The molecule has 0 rings (SSSR count). The lowest BCUT2D eigenvalue weighted by atomic mass is 9.96. The van der Waals surface area contributed by atoms with Crippen molar-refractivity contribution < 1.29 is 4.39 Å². The van der Waals surface area contributed by atoms with E-state index in [0.29, 0.717) is 0 Å². The van der Waals surface area contributed by atoms with E-state index >= 15 is 0 Å². The molecule has 0 radical (unpaired) electrons. The van der Waals surface area contributed by atoms with Crippen molar-refractivity contribution in [3.63, 3.8) is 0 Å². The lowest BCUT2D eigenvalue weighted by Gasteiger charge is -2.11. The SMILES string of the molecule is C=CC(C)(C)CF.CC. The Morgan fingerprint density at radius 3 is 1.78 bits per heavy atom. The fourth-order valence-corrected chi connectivity index (χ4v) is 0.0546. The van der Waals surface area contributed by atoms with E-state index in [-0.39, 0.29) is 12.1 Å². The largest absolute Gasteiger partial charge is 0.250 e. The lowest BCUT2D eigenvalue weighted by molar-refractivity contribution is 0.323. The van der Waals surface area contributed by atoms with Crippen molar-refractivity contribution in [3.8, 4) is 0 Å². The van der Waals surface area contributed by atoms with Crippen LogP contribution in [-0.2, 0) is 0 Å². The first-order valence-corrected chi connectivity index (χ1v) is 3.32. The summed E-state index contributed by atoms with van der Waals surface area (Å²) in [5.41, 5.74) is -0.319. The van der Waals surface area contributed by atoms with Crippen molar-refractivity contribution in [2.45, 2.75) is 27.7 Å². The van der Waals surface area contributed by atoms with Gasteiger partial charge >= 0.3 is 0 Å². The Balaban J connectivity index is 0. The standard InChI is InChI=1S/C6H11F.C2H6/c1-4-6(2,3)5-7;1-2/h4H,1,5H2,2-3H3;1-2H3. The van der Waals surface area contributed by atoms with Gasteiger partial charge in [0, 0.05) is 5.41 Å². The number of allylic oxidation sites excluding steroid dienone is 1. The number of halogens is 1. The van der Waals surface area contributed by atoms with Crippen molar-refractivity contribution >= 4 is 0 Å². The fourth-order valence-electron chi connectivity index (χ4n) is 0.0546. The zero-order valence-electron chi connectivity index (χ0n) is 6.87. The highest BCUT2D eigenvalue weighted by molar-refractivity contribution is 4.86. The Morgan fingerprint density at radius 1 is 1.44 bits per heavy atom. The van der Waals surface area contributed by atoms with Gasteiger partial charge in [-0.15, -0.1) is 6.58 Å². The molecule has 0 aliphatic rings. The van der Waals surface area contributed by atoms with Crippen LogP contribution in [0.5, 0.6) is 0 Å². The molecule has 0 nitrogen and oxygen atoms in total. The summed E-state index contributed by atoms with van der Waals surface area (Å²) in [4.78, 5) is 0. The average Bonchev–Trinajstić information content (AvgIpc) is 1.93. The van der Waals surface area contributed by atoms with Crippen molar-refractivity contribution in [2.24, 2.45) is 5.41 Å². The Morgan fingerprint density at radius 2 is 1.78 bits per heavy atom. The van der Waals surface area contributed by atoms with E-state index in [4.69, 9.17) is 0 Å². The number of hydrogen-bond acceptors (Lipinski definition) is 0. The van der Waals surface area contributed by atoms with E-state index in [2.05, 4.69) is 6.58 Å². The lowest BCUT2D eigenvalue weighted by Crippen LogP contribution is -2.08. The summed E-state index contributed by atoms with van der Waals surface area (Å²) in [6, 6.07) is 0. The van der Waals surface area contributed by atoms with Crippen LogP contribution < -0.4 is 0 Å². The predicted molar refractivity (Wildman–Crippen MR) is 41.3 cm³/mol. The summed E-state index contributed by atoms with van der Waals surface area (Å²) in [5.74, 6) is 0. The second-order valence-corrected chi connectivity index (χ2v) is 2.33. The molecule has 0 N–H and O–H groups in total. The van der Waals surface area contributed by atoms with Gasteiger partial charge in [-0.25, -0.2) is 0 Å². The molecule has 0 unspecified atom stereocenters. The molecule has 0 amide bonds. The topological polar surface area (TPSA) is 0 Å². The third-order valence-corrected chi connectivity index (χ3v) is 0.897. The van der Waals surface area contributed by atoms with Gasteiger partial charge in [-0.2, -0.15) is 0 Å². The van der Waals surface area contributed by atoms with Gasteiger partial charge in [0.15, 0.2) is 0 Å². The summed E-state index contributed by atoms with van der Waals surface area (Å²) >= 11 is 0. The molecular formula is C8H17F. The minimum atomic E-state index is -0.323. The molecule has 56 valence electrons. The van der Waals surface area contributed by atoms with Gasteiger partial charge in [-0.05, 0) is 0 Å². The number of alkyl halides is 1. The summed E-state index contributed by atoms with van der Waals surface area (Å²) in [6.45, 7) is 10.8. The van der Waals surface area contributed by atoms with Crippen molar-refractivity contribution in [1.29, 1.82) is 0 Å². The molecule has 0 bridgehead atoms. The van der Waals surface area contributed by atoms with Crippen molar-refractivity contribution in [3.05, 3.63) is 12.7 Å². The van der Waals surface area contributed by atoms with Crippen molar-refractivity contribution in [1.82, 2.24) is 0 Å². The summed E-state index contributed by atoms with van der Waals surface area (Å²) in [7, 11) is 0. The van der Waals surface area contributed by atoms with Crippen molar-refractivity contribution in [2.75, 3.05) is 6.67 Å². The molecule has 1 heteroatoms. The molecule has 0 heterocycles. The smallest absolute Gasteiger partial charge is 0.0979 e. The van der Waals surface area contributed by atoms with Gasteiger partial charge < -0.3 is 0 Å². The highest BCUT2D eigenvalue weighted by Crippen LogP contribution is 2.15. The Bertz CT molecular complexity index is 65.0. The Kier molecular flexibility index (Phi) is 7.39. The first-order valence-electron chi connectivity index (χ1n) is 3.32. The molecule has 0 atom stereocenters. The normalized spacial score (nSPS) is 9.44. The Labute approximate surface area is 57.8 Å². The number of rotatable bonds is 2. The van der Waals surface area contributed by atoms with Gasteiger partial charge in [0.25, 0.3) is 0 Å². The van der Waals surface area contributed by atoms with E-state index in [1.54, 1.807) is 19.9 Å². The molecule has 0 aliphatic carbocycles. The van der Waals surface area contributed by atoms with E-state index < -0.39 is 0 Å². The van der Waals surface area contributed by atoms with Gasteiger partial charge in [-0.1, -0.05) is 33.8 Å². The summed E-state index contributed by atoms with van der Waals surface area (Å²) in [6.07, 6.45) is 1.62. The first kappa shape index (κ1) is 11.5.